The number of unbranched alkanes of at least 4 members (excludes halogenated alkanes) is 2. The number of para-hydroxylation sites is 1. The highest BCUT2D eigenvalue weighted by atomic mass is 32.2. The highest BCUT2D eigenvalue weighted by molar-refractivity contribution is 7.90. The second kappa shape index (κ2) is 9.46. The Morgan fingerprint density at radius 3 is 2.36 bits per heavy atom. The van der Waals surface area contributed by atoms with E-state index in [1.807, 2.05) is 6.92 Å². The van der Waals surface area contributed by atoms with Gasteiger partial charge in [-0.05, 0) is 54.3 Å². The summed E-state index contributed by atoms with van der Waals surface area (Å²) in [6.07, 6.45) is 5.84. The number of hydrogen-bond donors (Lipinski definition) is 1. The van der Waals surface area contributed by atoms with Crippen molar-refractivity contribution in [3.05, 3.63) is 53.1 Å². The molecule has 0 radical (unpaired) electrons. The summed E-state index contributed by atoms with van der Waals surface area (Å²) in [5.41, 5.74) is 3.16. The molecule has 0 amide bonds. The summed E-state index contributed by atoms with van der Waals surface area (Å²) in [4.78, 5) is 0.192. The molecule has 0 fully saturated rings. The molecule has 0 saturated heterocycles. The van der Waals surface area contributed by atoms with Crippen molar-refractivity contribution in [1.82, 2.24) is 0 Å². The van der Waals surface area contributed by atoms with Crippen LogP contribution in [0.5, 0.6) is 11.5 Å². The maximum Gasteiger partial charge on any atom is 0.179 e. The van der Waals surface area contributed by atoms with Gasteiger partial charge in [-0.1, -0.05) is 52.2 Å². The molecule has 1 aliphatic rings. The van der Waals surface area contributed by atoms with Crippen LogP contribution >= 0.6 is 0 Å². The van der Waals surface area contributed by atoms with Gasteiger partial charge < -0.3 is 9.84 Å². The molecule has 5 heteroatoms. The summed E-state index contributed by atoms with van der Waals surface area (Å²) in [6.45, 7) is 8.47. The van der Waals surface area contributed by atoms with Crippen molar-refractivity contribution in [2.45, 2.75) is 64.4 Å². The summed E-state index contributed by atoms with van der Waals surface area (Å²) in [6, 6.07) is 10.1. The Hall–Kier alpha value is -2.01. The second-order valence-corrected chi connectivity index (χ2v) is 9.61. The zero-order chi connectivity index (χ0) is 20.9. The van der Waals surface area contributed by atoms with Gasteiger partial charge in [0.25, 0.3) is 0 Å². The van der Waals surface area contributed by atoms with Crippen LogP contribution in [0, 0.1) is 12.8 Å². The van der Waals surface area contributed by atoms with Crippen LogP contribution in [0.4, 0.5) is 0 Å². The van der Waals surface area contributed by atoms with Crippen LogP contribution in [-0.2, 0) is 16.3 Å². The molecule has 1 aliphatic carbocycles. The number of phenols is 1. The van der Waals surface area contributed by atoms with E-state index in [1.54, 1.807) is 36.4 Å². The molecule has 2 aromatic rings. The Bertz CT molecular complexity index is 901. The lowest BCUT2D eigenvalue weighted by molar-refractivity contribution is 0.155. The number of phenolic OH excluding ortho intramolecular Hbond substituents is 1. The van der Waals surface area contributed by atoms with Gasteiger partial charge in [-0.25, -0.2) is 8.42 Å². The molecule has 1 N–H and O–H groups in total. The van der Waals surface area contributed by atoms with Gasteiger partial charge in [0.1, 0.15) is 22.5 Å². The van der Waals surface area contributed by atoms with Crippen molar-refractivity contribution in [2.75, 3.05) is 6.26 Å². The van der Waals surface area contributed by atoms with E-state index in [9.17, 15) is 13.5 Å². The Kier molecular flexibility index (Phi) is 7.53. The quantitative estimate of drug-likeness (QED) is 0.703. The van der Waals surface area contributed by atoms with Crippen LogP contribution in [-0.4, -0.2) is 19.8 Å². The van der Waals surface area contributed by atoms with Gasteiger partial charge in [0, 0.05) is 12.2 Å². The van der Waals surface area contributed by atoms with Gasteiger partial charge in [-0.2, -0.15) is 0 Å². The van der Waals surface area contributed by atoms with Crippen LogP contribution in [0.15, 0.2) is 41.3 Å². The van der Waals surface area contributed by atoms with Gasteiger partial charge >= 0.3 is 0 Å². The summed E-state index contributed by atoms with van der Waals surface area (Å²) in [5, 5.41) is 9.88. The molecule has 0 heterocycles. The molecule has 2 atom stereocenters. The summed E-state index contributed by atoms with van der Waals surface area (Å²) >= 11 is 0. The molecule has 154 valence electrons. The van der Waals surface area contributed by atoms with Crippen molar-refractivity contribution in [2.24, 2.45) is 5.92 Å². The number of fused-ring (bicyclic) bond motifs is 1. The Morgan fingerprint density at radius 1 is 1.14 bits per heavy atom. The summed E-state index contributed by atoms with van der Waals surface area (Å²) < 4.78 is 30.0. The smallest absolute Gasteiger partial charge is 0.179 e. The zero-order valence-electron chi connectivity index (χ0n) is 17.5. The van der Waals surface area contributed by atoms with Gasteiger partial charge in [-0.15, -0.1) is 0 Å². The standard InChI is InChI=1S/C18H20O4S.C5H12/c1-11-8-13(19)10-15-14(11)9-12(2)18(15)22-16-6-4-5-7-17(16)23(3,20)21;1-3-5-4-2/h4-8,10,12,18-19H,9H2,1-3H3;3-5H2,1-2H3/t12?,18-;/m1./s1. The molecular weight excluding hydrogens is 372 g/mol. The van der Waals surface area contributed by atoms with Gasteiger partial charge in [0.15, 0.2) is 9.84 Å². The normalized spacial score (nSPS) is 18.2. The van der Waals surface area contributed by atoms with Crippen molar-refractivity contribution in [3.63, 3.8) is 0 Å². The first-order chi connectivity index (χ1) is 13.2. The molecule has 3 rings (SSSR count). The minimum absolute atomic E-state index is 0.192. The summed E-state index contributed by atoms with van der Waals surface area (Å²) in [7, 11) is -3.36. The van der Waals surface area contributed by atoms with E-state index in [0.29, 0.717) is 5.75 Å². The van der Waals surface area contributed by atoms with Crippen molar-refractivity contribution in [1.29, 1.82) is 0 Å². The fraction of sp³-hybridized carbons (Fsp3) is 0.478. The van der Waals surface area contributed by atoms with E-state index in [-0.39, 0.29) is 22.7 Å². The molecule has 0 aliphatic heterocycles. The van der Waals surface area contributed by atoms with E-state index < -0.39 is 9.84 Å². The summed E-state index contributed by atoms with van der Waals surface area (Å²) in [5.74, 6) is 0.777. The Labute approximate surface area is 169 Å². The number of rotatable bonds is 5. The maximum atomic E-state index is 11.9. The van der Waals surface area contributed by atoms with Crippen LogP contribution in [0.1, 0.15) is 62.8 Å². The number of aryl methyl sites for hydroxylation is 1. The monoisotopic (exact) mass is 404 g/mol. The third kappa shape index (κ3) is 5.28. The highest BCUT2D eigenvalue weighted by Gasteiger charge is 2.33. The fourth-order valence-corrected chi connectivity index (χ4v) is 4.42. The Morgan fingerprint density at radius 2 is 1.79 bits per heavy atom. The fourth-order valence-electron chi connectivity index (χ4n) is 3.62. The minimum atomic E-state index is -3.36. The van der Waals surface area contributed by atoms with Crippen LogP contribution in [0.2, 0.25) is 0 Å². The van der Waals surface area contributed by atoms with Crippen molar-refractivity contribution < 1.29 is 18.3 Å². The van der Waals surface area contributed by atoms with E-state index in [4.69, 9.17) is 4.74 Å². The third-order valence-electron chi connectivity index (χ3n) is 5.05. The number of benzene rings is 2. The average Bonchev–Trinajstić information content (AvgIpc) is 2.92. The molecule has 0 spiro atoms. The lowest BCUT2D eigenvalue weighted by Crippen LogP contribution is -2.13. The largest absolute Gasteiger partial charge is 0.508 e. The van der Waals surface area contributed by atoms with E-state index in [0.717, 1.165) is 17.5 Å². The molecule has 0 saturated carbocycles. The van der Waals surface area contributed by atoms with Crippen LogP contribution < -0.4 is 4.74 Å². The number of aromatic hydroxyl groups is 1. The number of sulfone groups is 1. The first kappa shape index (κ1) is 22.3. The van der Waals surface area contributed by atoms with Crippen molar-refractivity contribution >= 4 is 9.84 Å². The van der Waals surface area contributed by atoms with E-state index in [1.165, 1.54) is 31.1 Å². The molecule has 0 bridgehead atoms. The van der Waals surface area contributed by atoms with Gasteiger partial charge in [-0.3, -0.25) is 0 Å². The first-order valence-corrected chi connectivity index (χ1v) is 11.9. The zero-order valence-corrected chi connectivity index (χ0v) is 18.3. The number of ether oxygens (including phenoxy) is 1. The SMILES string of the molecule is CCCCC.Cc1cc(O)cc2c1CC(C)[C@H]2Oc1ccccc1S(C)(=O)=O. The topological polar surface area (TPSA) is 63.6 Å². The third-order valence-corrected chi connectivity index (χ3v) is 6.19. The van der Waals surface area contributed by atoms with Crippen LogP contribution in [0.3, 0.4) is 0 Å². The number of hydrogen-bond acceptors (Lipinski definition) is 4. The molecule has 2 aromatic carbocycles. The Balaban J connectivity index is 0.000000500. The molecular formula is C23H32O4S. The average molecular weight is 405 g/mol. The maximum absolute atomic E-state index is 11.9. The van der Waals surface area contributed by atoms with E-state index >= 15 is 0 Å². The molecule has 28 heavy (non-hydrogen) atoms. The van der Waals surface area contributed by atoms with Crippen molar-refractivity contribution in [3.8, 4) is 11.5 Å². The lowest BCUT2D eigenvalue weighted by Gasteiger charge is -2.21. The van der Waals surface area contributed by atoms with E-state index in [2.05, 4.69) is 20.8 Å². The molecule has 4 nitrogen and oxygen atoms in total. The van der Waals surface area contributed by atoms with Crippen LogP contribution in [0.25, 0.3) is 0 Å². The first-order valence-electron chi connectivity index (χ1n) is 9.97. The van der Waals surface area contributed by atoms with Gasteiger partial charge in [0.2, 0.25) is 0 Å². The molecule has 1 unspecified atom stereocenters. The second-order valence-electron chi connectivity index (χ2n) is 7.62. The predicted octanol–water partition coefficient (Wildman–Crippen LogP) is 5.61. The minimum Gasteiger partial charge on any atom is -0.508 e. The lowest BCUT2D eigenvalue weighted by atomic mass is 10.0. The highest BCUT2D eigenvalue weighted by Crippen LogP contribution is 2.43. The molecule has 0 aromatic heterocycles. The van der Waals surface area contributed by atoms with Gasteiger partial charge in [0.05, 0.1) is 0 Å². The predicted molar refractivity (Wildman–Crippen MR) is 114 cm³/mol.